The fraction of sp³-hybridized carbons (Fsp3) is 0.548. The van der Waals surface area contributed by atoms with Crippen molar-refractivity contribution in [2.45, 2.75) is 111 Å². The van der Waals surface area contributed by atoms with E-state index >= 15 is 0 Å². The fourth-order valence-electron chi connectivity index (χ4n) is 4.42. The Morgan fingerprint density at radius 2 is 0.811 bits per heavy atom. The second-order valence-corrected chi connectivity index (χ2v) is 13.9. The van der Waals surface area contributed by atoms with Crippen LogP contribution in [0.1, 0.15) is 137 Å². The Labute approximate surface area is 268 Å². The van der Waals surface area contributed by atoms with Gasteiger partial charge in [0.25, 0.3) is 0 Å². The topological polar surface area (TPSA) is 80.3 Å². The van der Waals surface area contributed by atoms with Gasteiger partial charge in [0.2, 0.25) is 0 Å². The largest absolute Gasteiger partial charge is 1.00 e. The Morgan fingerprint density at radius 1 is 0.541 bits per heavy atom. The molecule has 0 aliphatic heterocycles. The predicted molar refractivity (Wildman–Crippen MR) is 139 cm³/mol. The molecule has 0 bridgehead atoms. The summed E-state index contributed by atoms with van der Waals surface area (Å²) in [6.45, 7) is 24.4. The quantitative estimate of drug-likeness (QED) is 0.491. The third-order valence-electron chi connectivity index (χ3n) is 6.58. The number of hydrogen-bond donors (Lipinski definition) is 0. The van der Waals surface area contributed by atoms with E-state index in [4.69, 9.17) is 0 Å². The smallest absolute Gasteiger partial charge is 0.545 e. The molecule has 0 spiro atoms. The third-order valence-corrected chi connectivity index (χ3v) is 6.58. The van der Waals surface area contributed by atoms with Crippen LogP contribution in [0.3, 0.4) is 0 Å². The number of hydrogen-bond acceptors (Lipinski definition) is 4. The van der Waals surface area contributed by atoms with E-state index in [9.17, 15) is 19.8 Å². The van der Waals surface area contributed by atoms with Crippen LogP contribution in [0.15, 0.2) is 24.3 Å². The van der Waals surface area contributed by atoms with Crippen molar-refractivity contribution in [3.8, 4) is 0 Å². The number of benzene rings is 2. The van der Waals surface area contributed by atoms with Crippen LogP contribution >= 0.6 is 0 Å². The van der Waals surface area contributed by atoms with Gasteiger partial charge in [-0.25, -0.2) is 0 Å². The van der Waals surface area contributed by atoms with Crippen molar-refractivity contribution in [3.05, 3.63) is 68.8 Å². The van der Waals surface area contributed by atoms with Gasteiger partial charge in [-0.05, 0) is 61.5 Å². The van der Waals surface area contributed by atoms with Crippen LogP contribution in [0, 0.1) is 0 Å². The molecule has 2 aromatic carbocycles. The summed E-state index contributed by atoms with van der Waals surface area (Å²) in [6, 6.07) is 7.72. The van der Waals surface area contributed by atoms with Gasteiger partial charge >= 0.3 is 59.1 Å². The van der Waals surface area contributed by atoms with Gasteiger partial charge in [0.15, 0.2) is 0 Å². The first-order valence-corrected chi connectivity index (χ1v) is 12.3. The van der Waals surface area contributed by atoms with E-state index in [2.05, 4.69) is 41.5 Å². The first-order chi connectivity index (χ1) is 15.5. The van der Waals surface area contributed by atoms with Gasteiger partial charge in [-0.1, -0.05) is 107 Å². The fourth-order valence-corrected chi connectivity index (χ4v) is 4.42. The molecule has 0 fully saturated rings. The SMILES string of the molecule is CC(C)(C)c1cc(Cc2cc(C(C)(C)C)cc(C(C)(C)C)c2C(=O)[O-])c(C(=O)[O-])c(C(C)(C)C)c1.[Na+].[Na+]. The minimum atomic E-state index is -1.25. The summed E-state index contributed by atoms with van der Waals surface area (Å²) in [6.07, 6.45) is 0.159. The Balaban J connectivity index is 0.00000648. The molecule has 0 atom stereocenters. The van der Waals surface area contributed by atoms with Crippen molar-refractivity contribution >= 4 is 11.9 Å². The molecular formula is C31H42Na2O4. The van der Waals surface area contributed by atoms with Crippen molar-refractivity contribution in [3.63, 3.8) is 0 Å². The van der Waals surface area contributed by atoms with E-state index < -0.39 is 22.8 Å². The number of carbonyl (C=O) groups excluding carboxylic acids is 2. The Kier molecular flexibility index (Phi) is 12.1. The van der Waals surface area contributed by atoms with Crippen LogP contribution in [0.4, 0.5) is 0 Å². The number of rotatable bonds is 4. The van der Waals surface area contributed by atoms with E-state index in [0.717, 1.165) is 11.1 Å². The Bertz CT molecular complexity index is 1060. The number of aromatic carboxylic acids is 2. The molecule has 4 nitrogen and oxygen atoms in total. The van der Waals surface area contributed by atoms with Crippen molar-refractivity contribution in [2.24, 2.45) is 0 Å². The molecule has 0 heterocycles. The van der Waals surface area contributed by atoms with Gasteiger partial charge in [0, 0.05) is 11.1 Å². The molecular weight excluding hydrogens is 482 g/mol. The summed E-state index contributed by atoms with van der Waals surface area (Å²) >= 11 is 0. The summed E-state index contributed by atoms with van der Waals surface area (Å²) in [7, 11) is 0. The molecule has 0 saturated carbocycles. The monoisotopic (exact) mass is 524 g/mol. The zero-order valence-electron chi connectivity index (χ0n) is 25.6. The van der Waals surface area contributed by atoms with Crippen molar-refractivity contribution in [1.29, 1.82) is 0 Å². The van der Waals surface area contributed by atoms with E-state index in [1.807, 2.05) is 65.8 Å². The van der Waals surface area contributed by atoms with Crippen molar-refractivity contribution in [1.82, 2.24) is 0 Å². The first kappa shape index (κ1) is 36.4. The number of carboxylic acids is 2. The molecule has 0 aromatic heterocycles. The normalized spacial score (nSPS) is 12.4. The molecule has 0 aliphatic carbocycles. The zero-order chi connectivity index (χ0) is 27.3. The average molecular weight is 525 g/mol. The van der Waals surface area contributed by atoms with Crippen LogP contribution in [-0.4, -0.2) is 11.9 Å². The first-order valence-electron chi connectivity index (χ1n) is 12.3. The number of carbonyl (C=O) groups is 2. The third kappa shape index (κ3) is 8.68. The maximum absolute atomic E-state index is 12.5. The maximum atomic E-state index is 12.5. The van der Waals surface area contributed by atoms with E-state index in [1.54, 1.807) is 0 Å². The van der Waals surface area contributed by atoms with Gasteiger partial charge in [-0.3, -0.25) is 0 Å². The Hall–Kier alpha value is -0.620. The molecule has 0 aliphatic rings. The second-order valence-electron chi connectivity index (χ2n) is 13.9. The van der Waals surface area contributed by atoms with Gasteiger partial charge in [-0.15, -0.1) is 0 Å². The molecule has 2 aromatic rings. The minimum Gasteiger partial charge on any atom is -0.545 e. The Morgan fingerprint density at radius 3 is 1.00 bits per heavy atom. The summed E-state index contributed by atoms with van der Waals surface area (Å²) in [5.74, 6) is -2.49. The van der Waals surface area contributed by atoms with Crippen molar-refractivity contribution < 1.29 is 78.9 Å². The summed E-state index contributed by atoms with van der Waals surface area (Å²) in [5, 5.41) is 24.9. The van der Waals surface area contributed by atoms with E-state index in [-0.39, 0.29) is 87.5 Å². The zero-order valence-corrected chi connectivity index (χ0v) is 29.6. The molecule has 192 valence electrons. The van der Waals surface area contributed by atoms with E-state index in [1.165, 1.54) is 0 Å². The minimum absolute atomic E-state index is 0. The second kappa shape index (κ2) is 12.3. The maximum Gasteiger partial charge on any atom is 1.00 e. The van der Waals surface area contributed by atoms with Crippen LogP contribution in [0.25, 0.3) is 0 Å². The molecule has 37 heavy (non-hydrogen) atoms. The molecule has 0 radical (unpaired) electrons. The molecule has 0 amide bonds. The van der Waals surface area contributed by atoms with Gasteiger partial charge in [0.1, 0.15) is 0 Å². The van der Waals surface area contributed by atoms with Crippen LogP contribution in [-0.2, 0) is 28.1 Å². The van der Waals surface area contributed by atoms with Crippen LogP contribution in [0.2, 0.25) is 0 Å². The number of carboxylic acid groups (broad SMARTS) is 2. The standard InChI is InChI=1S/C31H44O4.2Na/c1-28(2,3)20-14-18(24(26(32)33)22(16-20)30(7,8)9)13-19-15-21(29(4,5)6)17-23(31(10,11)12)25(19)27(34)35;;/h14-17H,13H2,1-12H3,(H,32,33)(H,34,35);;/q;2*+1/p-2. The van der Waals surface area contributed by atoms with Gasteiger partial charge in [-0.2, -0.15) is 0 Å². The summed E-state index contributed by atoms with van der Waals surface area (Å²) < 4.78 is 0. The molecule has 0 unspecified atom stereocenters. The average Bonchev–Trinajstić information content (AvgIpc) is 2.63. The molecule has 0 saturated heterocycles. The van der Waals surface area contributed by atoms with Crippen LogP contribution in [0.5, 0.6) is 0 Å². The van der Waals surface area contributed by atoms with Gasteiger partial charge < -0.3 is 19.8 Å². The van der Waals surface area contributed by atoms with E-state index in [0.29, 0.717) is 22.3 Å². The van der Waals surface area contributed by atoms with Gasteiger partial charge in [0.05, 0.1) is 11.9 Å². The molecule has 0 N–H and O–H groups in total. The summed E-state index contributed by atoms with van der Waals surface area (Å²) in [5.41, 5.74) is 3.49. The molecule has 6 heteroatoms. The predicted octanol–water partition coefficient (Wildman–Crippen LogP) is -0.798. The molecule has 2 rings (SSSR count). The van der Waals surface area contributed by atoms with Crippen molar-refractivity contribution in [2.75, 3.05) is 0 Å². The summed E-state index contributed by atoms with van der Waals surface area (Å²) in [4.78, 5) is 24.9. The van der Waals surface area contributed by atoms with Crippen LogP contribution < -0.4 is 69.3 Å².